The van der Waals surface area contributed by atoms with Crippen molar-refractivity contribution in [2.24, 2.45) is 5.73 Å². The van der Waals surface area contributed by atoms with E-state index >= 15 is 0 Å². The summed E-state index contributed by atoms with van der Waals surface area (Å²) in [5.74, 6) is -0.0824. The van der Waals surface area contributed by atoms with Gasteiger partial charge in [-0.1, -0.05) is 11.6 Å². The van der Waals surface area contributed by atoms with Crippen LogP contribution in [0.25, 0.3) is 0 Å². The molecule has 2 heterocycles. The number of carbonyl (C=O) groups is 1. The summed E-state index contributed by atoms with van der Waals surface area (Å²) in [5.41, 5.74) is 6.19. The molecule has 1 aromatic heterocycles. The number of nitrogens with two attached hydrogens (primary N) is 1. The van der Waals surface area contributed by atoms with E-state index in [1.165, 1.54) is 0 Å². The van der Waals surface area contributed by atoms with Gasteiger partial charge in [-0.25, -0.2) is 4.98 Å². The van der Waals surface area contributed by atoms with E-state index in [2.05, 4.69) is 4.98 Å². The minimum atomic E-state index is -0.0824. The summed E-state index contributed by atoms with van der Waals surface area (Å²) in [6.45, 7) is 1.30. The van der Waals surface area contributed by atoms with Crippen LogP contribution in [0.2, 0.25) is 5.15 Å². The second-order valence-corrected chi connectivity index (χ2v) is 4.00. The van der Waals surface area contributed by atoms with Crippen LogP contribution < -0.4 is 5.73 Å². The molecule has 2 rings (SSSR count). The van der Waals surface area contributed by atoms with Crippen molar-refractivity contribution in [3.8, 4) is 0 Å². The Morgan fingerprint density at radius 2 is 2.38 bits per heavy atom. The number of halogens is 2. The molecule has 16 heavy (non-hydrogen) atoms. The number of amides is 1. The third kappa shape index (κ3) is 2.64. The molecule has 0 aromatic carbocycles. The molecule has 1 amide bonds. The number of aromatic nitrogens is 1. The van der Waals surface area contributed by atoms with Crippen LogP contribution in [0.15, 0.2) is 18.3 Å². The van der Waals surface area contributed by atoms with Gasteiger partial charge < -0.3 is 10.6 Å². The number of likely N-dealkylation sites (tertiary alicyclic amines) is 1. The molecule has 0 aliphatic carbocycles. The number of carbonyl (C=O) groups excluding carboxylic acids is 1. The van der Waals surface area contributed by atoms with Gasteiger partial charge in [-0.05, 0) is 18.6 Å². The Labute approximate surface area is 105 Å². The minimum Gasteiger partial charge on any atom is -0.337 e. The lowest BCUT2D eigenvalue weighted by Gasteiger charge is -2.15. The van der Waals surface area contributed by atoms with E-state index in [1.807, 2.05) is 0 Å². The van der Waals surface area contributed by atoms with E-state index < -0.39 is 0 Å². The summed E-state index contributed by atoms with van der Waals surface area (Å²) < 4.78 is 0. The second-order valence-electron chi connectivity index (χ2n) is 3.64. The smallest absolute Gasteiger partial charge is 0.257 e. The molecule has 1 aliphatic rings. The fraction of sp³-hybridized carbons (Fsp3) is 0.400. The molecular formula is C10H13Cl2N3O. The number of rotatable bonds is 1. The van der Waals surface area contributed by atoms with Crippen LogP contribution in [-0.4, -0.2) is 34.9 Å². The van der Waals surface area contributed by atoms with Gasteiger partial charge in [-0.3, -0.25) is 4.79 Å². The Morgan fingerprint density at radius 1 is 1.62 bits per heavy atom. The quantitative estimate of drug-likeness (QED) is 0.777. The summed E-state index contributed by atoms with van der Waals surface area (Å²) >= 11 is 5.84. The molecule has 0 saturated carbocycles. The second kappa shape index (κ2) is 5.48. The van der Waals surface area contributed by atoms with Crippen LogP contribution in [0.4, 0.5) is 0 Å². The van der Waals surface area contributed by atoms with E-state index in [0.717, 1.165) is 6.42 Å². The highest BCUT2D eigenvalue weighted by Gasteiger charge is 2.25. The van der Waals surface area contributed by atoms with Gasteiger partial charge >= 0.3 is 0 Å². The molecule has 1 saturated heterocycles. The highest BCUT2D eigenvalue weighted by atomic mass is 35.5. The zero-order valence-corrected chi connectivity index (χ0v) is 10.2. The molecule has 2 N–H and O–H groups in total. The van der Waals surface area contributed by atoms with Gasteiger partial charge in [0.2, 0.25) is 0 Å². The van der Waals surface area contributed by atoms with Crippen LogP contribution in [-0.2, 0) is 0 Å². The molecule has 4 nitrogen and oxygen atoms in total. The molecule has 6 heteroatoms. The summed E-state index contributed by atoms with van der Waals surface area (Å²) in [6, 6.07) is 3.47. The van der Waals surface area contributed by atoms with Crippen molar-refractivity contribution in [2.75, 3.05) is 13.1 Å². The standard InChI is InChI=1S/C10H12ClN3O.ClH/c11-9-8(2-1-4-13-9)10(15)14-5-3-7(12)6-14;/h1-2,4,7H,3,5-6,12H2;1H/t7-;/m0./s1. The normalized spacial score (nSPS) is 19.4. The van der Waals surface area contributed by atoms with Crippen molar-refractivity contribution < 1.29 is 4.79 Å². The Balaban J connectivity index is 0.00000128. The van der Waals surface area contributed by atoms with Crippen LogP contribution in [0.5, 0.6) is 0 Å². The Kier molecular flexibility index (Phi) is 4.53. The Morgan fingerprint density at radius 3 is 2.94 bits per heavy atom. The Bertz CT molecular complexity index is 386. The van der Waals surface area contributed by atoms with Crippen molar-refractivity contribution in [1.82, 2.24) is 9.88 Å². The largest absolute Gasteiger partial charge is 0.337 e. The number of nitrogens with zero attached hydrogens (tertiary/aromatic N) is 2. The number of hydrogen-bond acceptors (Lipinski definition) is 3. The van der Waals surface area contributed by atoms with Crippen LogP contribution in [0, 0.1) is 0 Å². The monoisotopic (exact) mass is 261 g/mol. The van der Waals surface area contributed by atoms with E-state index in [9.17, 15) is 4.79 Å². The van der Waals surface area contributed by atoms with Gasteiger partial charge in [0.1, 0.15) is 5.15 Å². The molecular weight excluding hydrogens is 249 g/mol. The van der Waals surface area contributed by atoms with Crippen molar-refractivity contribution in [3.63, 3.8) is 0 Å². The van der Waals surface area contributed by atoms with Gasteiger partial charge in [0.25, 0.3) is 5.91 Å². The Hall–Kier alpha value is -0.840. The fourth-order valence-electron chi connectivity index (χ4n) is 1.69. The maximum absolute atomic E-state index is 12.0. The highest BCUT2D eigenvalue weighted by Crippen LogP contribution is 2.17. The predicted molar refractivity (Wildman–Crippen MR) is 65.0 cm³/mol. The molecule has 1 aromatic rings. The number of hydrogen-bond donors (Lipinski definition) is 1. The van der Waals surface area contributed by atoms with Crippen LogP contribution in [0.1, 0.15) is 16.8 Å². The molecule has 0 radical (unpaired) electrons. The molecule has 88 valence electrons. The van der Waals surface area contributed by atoms with Crippen LogP contribution >= 0.6 is 24.0 Å². The lowest BCUT2D eigenvalue weighted by molar-refractivity contribution is 0.0790. The van der Waals surface area contributed by atoms with Gasteiger partial charge in [0.15, 0.2) is 0 Å². The maximum atomic E-state index is 12.0. The molecule has 0 bridgehead atoms. The van der Waals surface area contributed by atoms with Crippen LogP contribution in [0.3, 0.4) is 0 Å². The van der Waals surface area contributed by atoms with Gasteiger partial charge in [-0.15, -0.1) is 12.4 Å². The third-order valence-electron chi connectivity index (χ3n) is 2.50. The first kappa shape index (κ1) is 13.2. The lowest BCUT2D eigenvalue weighted by Crippen LogP contribution is -2.32. The zero-order chi connectivity index (χ0) is 10.8. The predicted octanol–water partition coefficient (Wildman–Crippen LogP) is 1.33. The average molecular weight is 262 g/mol. The van der Waals surface area contributed by atoms with Crippen molar-refractivity contribution in [1.29, 1.82) is 0 Å². The van der Waals surface area contributed by atoms with Crippen molar-refractivity contribution >= 4 is 29.9 Å². The molecule has 0 unspecified atom stereocenters. The fourth-order valence-corrected chi connectivity index (χ4v) is 1.89. The average Bonchev–Trinajstić information content (AvgIpc) is 2.65. The maximum Gasteiger partial charge on any atom is 0.257 e. The van der Waals surface area contributed by atoms with Gasteiger partial charge in [-0.2, -0.15) is 0 Å². The topological polar surface area (TPSA) is 59.2 Å². The first-order chi connectivity index (χ1) is 7.18. The number of pyridine rings is 1. The zero-order valence-electron chi connectivity index (χ0n) is 8.60. The first-order valence-corrected chi connectivity index (χ1v) is 5.21. The molecule has 1 aliphatic heterocycles. The SMILES string of the molecule is Cl.N[C@H]1CCN(C(=O)c2cccnc2Cl)C1. The summed E-state index contributed by atoms with van der Waals surface area (Å²) in [5, 5.41) is 0.253. The molecule has 1 fully saturated rings. The minimum absolute atomic E-state index is 0. The highest BCUT2D eigenvalue weighted by molar-refractivity contribution is 6.32. The summed E-state index contributed by atoms with van der Waals surface area (Å²) in [6.07, 6.45) is 2.42. The van der Waals surface area contributed by atoms with E-state index in [1.54, 1.807) is 23.2 Å². The lowest BCUT2D eigenvalue weighted by atomic mass is 10.2. The summed E-state index contributed by atoms with van der Waals surface area (Å²) in [4.78, 5) is 17.6. The third-order valence-corrected chi connectivity index (χ3v) is 2.80. The molecule has 1 atom stereocenters. The molecule has 0 spiro atoms. The first-order valence-electron chi connectivity index (χ1n) is 4.84. The summed E-state index contributed by atoms with van der Waals surface area (Å²) in [7, 11) is 0. The van der Waals surface area contributed by atoms with E-state index in [-0.39, 0.29) is 29.5 Å². The van der Waals surface area contributed by atoms with Gasteiger partial charge in [0, 0.05) is 25.3 Å². The van der Waals surface area contributed by atoms with Crippen molar-refractivity contribution in [2.45, 2.75) is 12.5 Å². The van der Waals surface area contributed by atoms with Crippen molar-refractivity contribution in [3.05, 3.63) is 29.0 Å². The van der Waals surface area contributed by atoms with E-state index in [0.29, 0.717) is 18.7 Å². The van der Waals surface area contributed by atoms with Gasteiger partial charge in [0.05, 0.1) is 5.56 Å². The van der Waals surface area contributed by atoms with E-state index in [4.69, 9.17) is 17.3 Å².